The van der Waals surface area contributed by atoms with Gasteiger partial charge in [-0.05, 0) is 39.2 Å². The molecule has 0 saturated carbocycles. The zero-order chi connectivity index (χ0) is 16.9. The lowest BCUT2D eigenvalue weighted by molar-refractivity contribution is 0.00940. The molecule has 0 bridgehead atoms. The molecule has 128 valence electrons. The Balaban J connectivity index is 1.58. The summed E-state index contributed by atoms with van der Waals surface area (Å²) in [5.74, 6) is 0.573. The standard InChI is InChI=1S/C17H23N5O2/c1-12(2)22-14(6-7-21-22)17(23)20-11-13-9-18-16(19-10-13)15-5-3-4-8-24-15/h6-7,9-10,12,15H,3-5,8,11H2,1-2H3,(H,20,23). The Labute approximate surface area is 141 Å². The molecule has 2 aromatic heterocycles. The second-order valence-corrected chi connectivity index (χ2v) is 6.24. The molecular weight excluding hydrogens is 306 g/mol. The van der Waals surface area contributed by atoms with E-state index in [1.165, 1.54) is 0 Å². The van der Waals surface area contributed by atoms with E-state index in [1.807, 2.05) is 13.8 Å². The van der Waals surface area contributed by atoms with E-state index < -0.39 is 0 Å². The van der Waals surface area contributed by atoms with E-state index in [2.05, 4.69) is 20.4 Å². The summed E-state index contributed by atoms with van der Waals surface area (Å²) in [6.07, 6.45) is 8.36. The SMILES string of the molecule is CC(C)n1nccc1C(=O)NCc1cnc(C2CCCCO2)nc1. The van der Waals surface area contributed by atoms with Gasteiger partial charge in [0.05, 0.1) is 0 Å². The predicted molar refractivity (Wildman–Crippen MR) is 88.4 cm³/mol. The van der Waals surface area contributed by atoms with E-state index >= 15 is 0 Å². The maximum atomic E-state index is 12.3. The zero-order valence-electron chi connectivity index (χ0n) is 14.1. The molecule has 3 heterocycles. The Morgan fingerprint density at radius 1 is 1.38 bits per heavy atom. The van der Waals surface area contributed by atoms with Crippen LogP contribution in [0.4, 0.5) is 0 Å². The second kappa shape index (κ2) is 7.53. The van der Waals surface area contributed by atoms with Crippen LogP contribution in [0.25, 0.3) is 0 Å². The highest BCUT2D eigenvalue weighted by molar-refractivity contribution is 5.92. The minimum absolute atomic E-state index is 0.00258. The van der Waals surface area contributed by atoms with Gasteiger partial charge in [0.1, 0.15) is 11.8 Å². The molecule has 2 aromatic rings. The Morgan fingerprint density at radius 2 is 2.17 bits per heavy atom. The molecule has 1 atom stereocenters. The van der Waals surface area contributed by atoms with Crippen LogP contribution in [0.1, 0.15) is 67.1 Å². The average Bonchev–Trinajstić information content (AvgIpc) is 3.11. The summed E-state index contributed by atoms with van der Waals surface area (Å²) in [5.41, 5.74) is 1.41. The van der Waals surface area contributed by atoms with Gasteiger partial charge in [0.15, 0.2) is 5.82 Å². The Bertz CT molecular complexity index is 675. The smallest absolute Gasteiger partial charge is 0.269 e. The van der Waals surface area contributed by atoms with Crippen LogP contribution in [-0.2, 0) is 11.3 Å². The van der Waals surface area contributed by atoms with E-state index in [-0.39, 0.29) is 18.1 Å². The van der Waals surface area contributed by atoms with Crippen molar-refractivity contribution in [2.24, 2.45) is 0 Å². The van der Waals surface area contributed by atoms with Crippen LogP contribution >= 0.6 is 0 Å². The first-order valence-corrected chi connectivity index (χ1v) is 8.39. The average molecular weight is 329 g/mol. The quantitative estimate of drug-likeness (QED) is 0.911. The van der Waals surface area contributed by atoms with Crippen molar-refractivity contribution in [3.8, 4) is 0 Å². The van der Waals surface area contributed by atoms with Gasteiger partial charge in [-0.15, -0.1) is 0 Å². The van der Waals surface area contributed by atoms with Crippen molar-refractivity contribution < 1.29 is 9.53 Å². The third kappa shape index (κ3) is 3.79. The number of carbonyl (C=O) groups is 1. The first-order valence-electron chi connectivity index (χ1n) is 8.39. The number of nitrogens with one attached hydrogen (secondary N) is 1. The van der Waals surface area contributed by atoms with Crippen LogP contribution in [0.15, 0.2) is 24.7 Å². The maximum Gasteiger partial charge on any atom is 0.269 e. The largest absolute Gasteiger partial charge is 0.370 e. The number of hydrogen-bond acceptors (Lipinski definition) is 5. The molecule has 1 unspecified atom stereocenters. The molecule has 1 N–H and O–H groups in total. The number of aromatic nitrogens is 4. The van der Waals surface area contributed by atoms with E-state index in [0.29, 0.717) is 12.2 Å². The van der Waals surface area contributed by atoms with Crippen LogP contribution in [0.5, 0.6) is 0 Å². The van der Waals surface area contributed by atoms with Crippen molar-refractivity contribution in [2.75, 3.05) is 6.61 Å². The van der Waals surface area contributed by atoms with Gasteiger partial charge in [0.2, 0.25) is 0 Å². The first-order chi connectivity index (χ1) is 11.6. The number of rotatable bonds is 5. The second-order valence-electron chi connectivity index (χ2n) is 6.24. The summed E-state index contributed by atoms with van der Waals surface area (Å²) in [6, 6.07) is 1.86. The lowest BCUT2D eigenvalue weighted by Gasteiger charge is -2.21. The maximum absolute atomic E-state index is 12.3. The molecule has 1 fully saturated rings. The van der Waals surface area contributed by atoms with Gasteiger partial charge in [-0.25, -0.2) is 9.97 Å². The molecular formula is C17H23N5O2. The van der Waals surface area contributed by atoms with Gasteiger partial charge < -0.3 is 10.1 Å². The molecule has 24 heavy (non-hydrogen) atoms. The van der Waals surface area contributed by atoms with Crippen LogP contribution in [0.2, 0.25) is 0 Å². The molecule has 1 amide bonds. The highest BCUT2D eigenvalue weighted by atomic mass is 16.5. The molecule has 0 spiro atoms. The zero-order valence-corrected chi connectivity index (χ0v) is 14.1. The van der Waals surface area contributed by atoms with Gasteiger partial charge in [-0.2, -0.15) is 5.10 Å². The van der Waals surface area contributed by atoms with Crippen LogP contribution in [0.3, 0.4) is 0 Å². The lowest BCUT2D eigenvalue weighted by Crippen LogP contribution is -2.26. The van der Waals surface area contributed by atoms with Crippen molar-refractivity contribution >= 4 is 5.91 Å². The highest BCUT2D eigenvalue weighted by Crippen LogP contribution is 2.24. The van der Waals surface area contributed by atoms with Crippen molar-refractivity contribution in [2.45, 2.75) is 51.8 Å². The molecule has 0 aliphatic carbocycles. The highest BCUT2D eigenvalue weighted by Gasteiger charge is 2.18. The van der Waals surface area contributed by atoms with Gasteiger partial charge in [0, 0.05) is 43.3 Å². The summed E-state index contributed by atoms with van der Waals surface area (Å²) >= 11 is 0. The van der Waals surface area contributed by atoms with Crippen LogP contribution in [-0.4, -0.2) is 32.3 Å². The number of nitrogens with zero attached hydrogens (tertiary/aromatic N) is 4. The van der Waals surface area contributed by atoms with Gasteiger partial charge in [-0.3, -0.25) is 9.48 Å². The van der Waals surface area contributed by atoms with Crippen LogP contribution in [0, 0.1) is 0 Å². The molecule has 1 saturated heterocycles. The summed E-state index contributed by atoms with van der Waals surface area (Å²) in [6.45, 7) is 5.14. The van der Waals surface area contributed by atoms with E-state index in [9.17, 15) is 4.79 Å². The normalized spacial score (nSPS) is 17.9. The van der Waals surface area contributed by atoms with Crippen molar-refractivity contribution in [1.29, 1.82) is 0 Å². The molecule has 0 radical (unpaired) electrons. The number of hydrogen-bond donors (Lipinski definition) is 1. The molecule has 1 aliphatic rings. The van der Waals surface area contributed by atoms with E-state index in [0.717, 1.165) is 37.3 Å². The third-order valence-electron chi connectivity index (χ3n) is 4.04. The van der Waals surface area contributed by atoms with Gasteiger partial charge in [-0.1, -0.05) is 0 Å². The Morgan fingerprint density at radius 3 is 2.83 bits per heavy atom. The van der Waals surface area contributed by atoms with Crippen molar-refractivity contribution in [1.82, 2.24) is 25.1 Å². The number of carbonyl (C=O) groups excluding carboxylic acids is 1. The van der Waals surface area contributed by atoms with Crippen molar-refractivity contribution in [3.05, 3.63) is 41.7 Å². The topological polar surface area (TPSA) is 81.9 Å². The van der Waals surface area contributed by atoms with Gasteiger partial charge >= 0.3 is 0 Å². The van der Waals surface area contributed by atoms with E-state index in [4.69, 9.17) is 4.74 Å². The Hall–Kier alpha value is -2.28. The fourth-order valence-electron chi connectivity index (χ4n) is 2.75. The summed E-state index contributed by atoms with van der Waals surface area (Å²) < 4.78 is 7.39. The van der Waals surface area contributed by atoms with Crippen LogP contribution < -0.4 is 5.32 Å². The lowest BCUT2D eigenvalue weighted by atomic mass is 10.1. The summed E-state index contributed by atoms with van der Waals surface area (Å²) in [5, 5.41) is 7.06. The molecule has 1 aliphatic heterocycles. The molecule has 0 aromatic carbocycles. The monoisotopic (exact) mass is 329 g/mol. The predicted octanol–water partition coefficient (Wildman–Crippen LogP) is 2.43. The van der Waals surface area contributed by atoms with Crippen molar-refractivity contribution in [3.63, 3.8) is 0 Å². The molecule has 7 nitrogen and oxygen atoms in total. The number of ether oxygens (including phenoxy) is 1. The minimum atomic E-state index is -0.152. The molecule has 3 rings (SSSR count). The fraction of sp³-hybridized carbons (Fsp3) is 0.529. The van der Waals surface area contributed by atoms with E-state index in [1.54, 1.807) is 29.3 Å². The fourth-order valence-corrected chi connectivity index (χ4v) is 2.75. The van der Waals surface area contributed by atoms with Gasteiger partial charge in [0.25, 0.3) is 5.91 Å². The Kier molecular flexibility index (Phi) is 5.20. The first kappa shape index (κ1) is 16.6. The summed E-state index contributed by atoms with van der Waals surface area (Å²) in [7, 11) is 0. The third-order valence-corrected chi connectivity index (χ3v) is 4.04. The number of amides is 1. The minimum Gasteiger partial charge on any atom is -0.370 e. The molecule has 7 heteroatoms. The summed E-state index contributed by atoms with van der Waals surface area (Å²) in [4.78, 5) is 21.1.